The molecule has 4 heteroatoms. The van der Waals surface area contributed by atoms with Crippen molar-refractivity contribution in [1.29, 1.82) is 0 Å². The highest BCUT2D eigenvalue weighted by Gasteiger charge is 2.47. The lowest BCUT2D eigenvalue weighted by atomic mass is 9.72. The highest BCUT2D eigenvalue weighted by Crippen LogP contribution is 2.40. The Hall–Kier alpha value is -1.06. The Bertz CT molecular complexity index is 364. The van der Waals surface area contributed by atoms with E-state index in [4.69, 9.17) is 5.11 Å². The van der Waals surface area contributed by atoms with Crippen LogP contribution in [0.4, 0.5) is 0 Å². The maximum atomic E-state index is 12.6. The summed E-state index contributed by atoms with van der Waals surface area (Å²) < 4.78 is 0. The zero-order valence-electron chi connectivity index (χ0n) is 12.1. The van der Waals surface area contributed by atoms with Gasteiger partial charge in [-0.05, 0) is 38.5 Å². The van der Waals surface area contributed by atoms with Crippen LogP contribution in [0.15, 0.2) is 0 Å². The van der Waals surface area contributed by atoms with E-state index in [2.05, 4.69) is 20.8 Å². The minimum atomic E-state index is -0.809. The van der Waals surface area contributed by atoms with Gasteiger partial charge in [0.2, 0.25) is 5.91 Å². The Morgan fingerprint density at radius 1 is 1.16 bits per heavy atom. The summed E-state index contributed by atoms with van der Waals surface area (Å²) in [6.07, 6.45) is 4.60. The normalized spacial score (nSPS) is 29.2. The van der Waals surface area contributed by atoms with E-state index in [1.807, 2.05) is 4.90 Å². The summed E-state index contributed by atoms with van der Waals surface area (Å²) >= 11 is 0. The van der Waals surface area contributed by atoms with Crippen LogP contribution in [-0.2, 0) is 9.59 Å². The Kier molecular flexibility index (Phi) is 4.16. The van der Waals surface area contributed by atoms with Gasteiger partial charge in [-0.2, -0.15) is 0 Å². The quantitative estimate of drug-likeness (QED) is 0.804. The van der Waals surface area contributed by atoms with Gasteiger partial charge in [-0.15, -0.1) is 0 Å². The third kappa shape index (κ3) is 2.77. The number of carboxylic acid groups (broad SMARTS) is 1. The average molecular weight is 267 g/mol. The lowest BCUT2D eigenvalue weighted by molar-refractivity contribution is -0.158. The number of amides is 1. The Labute approximate surface area is 115 Å². The van der Waals surface area contributed by atoms with Crippen LogP contribution in [-0.4, -0.2) is 34.0 Å². The first kappa shape index (κ1) is 14.4. The first-order valence-electron chi connectivity index (χ1n) is 7.52. The summed E-state index contributed by atoms with van der Waals surface area (Å²) in [6, 6.07) is 0.589. The van der Waals surface area contributed by atoms with Crippen LogP contribution in [0.25, 0.3) is 0 Å². The summed E-state index contributed by atoms with van der Waals surface area (Å²) in [6.45, 7) is 6.42. The van der Waals surface area contributed by atoms with Crippen LogP contribution in [0.2, 0.25) is 0 Å². The Morgan fingerprint density at radius 3 is 2.11 bits per heavy atom. The van der Waals surface area contributed by atoms with Gasteiger partial charge in [-0.1, -0.05) is 20.3 Å². The molecule has 1 amide bonds. The molecule has 2 fully saturated rings. The average Bonchev–Trinajstić information content (AvgIpc) is 3.10. The van der Waals surface area contributed by atoms with Crippen LogP contribution >= 0.6 is 0 Å². The molecule has 4 unspecified atom stereocenters. The van der Waals surface area contributed by atoms with E-state index in [0.717, 1.165) is 25.7 Å². The molecule has 0 aromatic heterocycles. The number of hydrogen-bond acceptors (Lipinski definition) is 2. The lowest BCUT2D eigenvalue weighted by Crippen LogP contribution is -2.51. The highest BCUT2D eigenvalue weighted by atomic mass is 16.4. The van der Waals surface area contributed by atoms with Crippen molar-refractivity contribution in [3.05, 3.63) is 0 Å². The topological polar surface area (TPSA) is 57.6 Å². The van der Waals surface area contributed by atoms with Crippen molar-refractivity contribution in [2.45, 2.75) is 65.0 Å². The Morgan fingerprint density at radius 2 is 1.74 bits per heavy atom. The van der Waals surface area contributed by atoms with E-state index in [0.29, 0.717) is 18.4 Å². The van der Waals surface area contributed by atoms with E-state index in [1.165, 1.54) is 0 Å². The maximum Gasteiger partial charge on any atom is 0.307 e. The molecule has 108 valence electrons. The minimum Gasteiger partial charge on any atom is -0.481 e. The molecule has 0 aromatic carbocycles. The third-order valence-electron chi connectivity index (χ3n) is 5.01. The molecule has 0 spiro atoms. The minimum absolute atomic E-state index is 0.0916. The number of carboxylic acids is 1. The fourth-order valence-electron chi connectivity index (χ4n) is 2.96. The molecule has 2 rings (SSSR count). The summed E-state index contributed by atoms with van der Waals surface area (Å²) in [5.74, 6) is -0.971. The van der Waals surface area contributed by atoms with Gasteiger partial charge in [0.15, 0.2) is 0 Å². The monoisotopic (exact) mass is 267 g/mol. The molecule has 4 atom stereocenters. The molecular weight excluding hydrogens is 242 g/mol. The van der Waals surface area contributed by atoms with Gasteiger partial charge in [-0.3, -0.25) is 9.59 Å². The Balaban J connectivity index is 2.07. The molecule has 1 N–H and O–H groups in total. The largest absolute Gasteiger partial charge is 0.481 e. The third-order valence-corrected chi connectivity index (χ3v) is 5.01. The summed E-state index contributed by atoms with van der Waals surface area (Å²) in [7, 11) is 0. The van der Waals surface area contributed by atoms with Crippen molar-refractivity contribution in [2.75, 3.05) is 0 Å². The van der Waals surface area contributed by atoms with Gasteiger partial charge in [0.1, 0.15) is 0 Å². The van der Waals surface area contributed by atoms with Crippen LogP contribution in [0.3, 0.4) is 0 Å². The number of rotatable bonds is 6. The molecule has 0 aromatic rings. The maximum absolute atomic E-state index is 12.6. The van der Waals surface area contributed by atoms with E-state index >= 15 is 0 Å². The van der Waals surface area contributed by atoms with Crippen molar-refractivity contribution in [2.24, 2.45) is 17.8 Å². The molecule has 0 heterocycles. The van der Waals surface area contributed by atoms with Crippen LogP contribution in [0.1, 0.15) is 52.9 Å². The first-order chi connectivity index (χ1) is 8.97. The van der Waals surface area contributed by atoms with Crippen LogP contribution in [0, 0.1) is 17.8 Å². The molecule has 2 aliphatic carbocycles. The predicted molar refractivity (Wildman–Crippen MR) is 72.6 cm³/mol. The molecule has 2 aliphatic rings. The molecule has 19 heavy (non-hydrogen) atoms. The molecule has 0 saturated heterocycles. The van der Waals surface area contributed by atoms with Gasteiger partial charge in [0.25, 0.3) is 0 Å². The van der Waals surface area contributed by atoms with Crippen molar-refractivity contribution in [3.8, 4) is 0 Å². The molecular formula is C15H25NO3. The lowest BCUT2D eigenvalue weighted by Gasteiger charge is -2.40. The standard InChI is InChI=1S/C15H25NO3/c1-4-9(2)10(3)16(11-5-6-11)14(17)12-7-8-13(12)15(18)19/h9-13H,4-8H2,1-3H3,(H,18,19). The van der Waals surface area contributed by atoms with E-state index in [-0.39, 0.29) is 17.9 Å². The van der Waals surface area contributed by atoms with Crippen molar-refractivity contribution >= 4 is 11.9 Å². The van der Waals surface area contributed by atoms with E-state index in [9.17, 15) is 9.59 Å². The van der Waals surface area contributed by atoms with Crippen LogP contribution in [0.5, 0.6) is 0 Å². The molecule has 2 saturated carbocycles. The van der Waals surface area contributed by atoms with E-state index in [1.54, 1.807) is 0 Å². The first-order valence-corrected chi connectivity index (χ1v) is 7.52. The molecule has 0 bridgehead atoms. The smallest absolute Gasteiger partial charge is 0.307 e. The SMILES string of the molecule is CCC(C)C(C)N(C(=O)C1CCC1C(=O)O)C1CC1. The van der Waals surface area contributed by atoms with Gasteiger partial charge in [0.05, 0.1) is 11.8 Å². The summed E-state index contributed by atoms with van der Waals surface area (Å²) in [4.78, 5) is 25.7. The molecule has 4 nitrogen and oxygen atoms in total. The number of carbonyl (C=O) groups excluding carboxylic acids is 1. The van der Waals surface area contributed by atoms with Crippen LogP contribution < -0.4 is 0 Å². The van der Waals surface area contributed by atoms with Gasteiger partial charge < -0.3 is 10.0 Å². The summed E-state index contributed by atoms with van der Waals surface area (Å²) in [5, 5.41) is 9.11. The zero-order chi connectivity index (χ0) is 14.2. The second kappa shape index (κ2) is 5.51. The zero-order valence-corrected chi connectivity index (χ0v) is 12.1. The predicted octanol–water partition coefficient (Wildman–Crippen LogP) is 2.52. The molecule has 0 aliphatic heterocycles. The van der Waals surface area contributed by atoms with Crippen molar-refractivity contribution in [3.63, 3.8) is 0 Å². The van der Waals surface area contributed by atoms with Gasteiger partial charge in [-0.25, -0.2) is 0 Å². The second-order valence-corrected chi connectivity index (χ2v) is 6.23. The second-order valence-electron chi connectivity index (χ2n) is 6.23. The number of aliphatic carboxylic acids is 1. The summed E-state index contributed by atoms with van der Waals surface area (Å²) in [5.41, 5.74) is 0. The fourth-order valence-corrected chi connectivity index (χ4v) is 2.96. The van der Waals surface area contributed by atoms with E-state index < -0.39 is 11.9 Å². The van der Waals surface area contributed by atoms with Gasteiger partial charge >= 0.3 is 5.97 Å². The van der Waals surface area contributed by atoms with Crippen molar-refractivity contribution in [1.82, 2.24) is 4.90 Å². The number of carbonyl (C=O) groups is 2. The fraction of sp³-hybridized carbons (Fsp3) is 0.867. The number of hydrogen-bond donors (Lipinski definition) is 1. The number of nitrogens with zero attached hydrogens (tertiary/aromatic N) is 1. The van der Waals surface area contributed by atoms with Crippen molar-refractivity contribution < 1.29 is 14.7 Å². The highest BCUT2D eigenvalue weighted by molar-refractivity contribution is 5.87. The van der Waals surface area contributed by atoms with Gasteiger partial charge in [0, 0.05) is 12.1 Å². The molecule has 0 radical (unpaired) electrons.